The van der Waals surface area contributed by atoms with Gasteiger partial charge in [-0.3, -0.25) is 0 Å². The van der Waals surface area contributed by atoms with Crippen molar-refractivity contribution in [3.8, 4) is 5.75 Å². The van der Waals surface area contributed by atoms with Crippen molar-refractivity contribution in [1.82, 2.24) is 5.32 Å². The van der Waals surface area contributed by atoms with E-state index >= 15 is 0 Å². The third-order valence-electron chi connectivity index (χ3n) is 3.90. The number of fused-ring (bicyclic) bond motifs is 1. The first kappa shape index (κ1) is 16.9. The van der Waals surface area contributed by atoms with Crippen LogP contribution < -0.4 is 15.4 Å². The summed E-state index contributed by atoms with van der Waals surface area (Å²) in [7, 11) is 1.53. The van der Waals surface area contributed by atoms with Gasteiger partial charge in [-0.15, -0.1) is 0 Å². The van der Waals surface area contributed by atoms with E-state index in [1.54, 1.807) is 31.2 Å². The predicted octanol–water partition coefficient (Wildman–Crippen LogP) is 3.47. The van der Waals surface area contributed by atoms with Crippen LogP contribution in [-0.2, 0) is 5.60 Å². The summed E-state index contributed by atoms with van der Waals surface area (Å²) in [5.74, 6) is 0.952. The van der Waals surface area contributed by atoms with Crippen LogP contribution in [0, 0.1) is 0 Å². The van der Waals surface area contributed by atoms with Crippen molar-refractivity contribution >= 4 is 22.7 Å². The second-order valence-corrected chi connectivity index (χ2v) is 5.93. The highest BCUT2D eigenvalue weighted by Crippen LogP contribution is 2.27. The van der Waals surface area contributed by atoms with Gasteiger partial charge in [-0.05, 0) is 31.2 Å². The van der Waals surface area contributed by atoms with Gasteiger partial charge in [0.2, 0.25) is 0 Å². The molecule has 2 amide bonds. The molecule has 1 heterocycles. The molecule has 0 bridgehead atoms. The Morgan fingerprint density at radius 3 is 2.68 bits per heavy atom. The maximum absolute atomic E-state index is 12.1. The van der Waals surface area contributed by atoms with Crippen LogP contribution in [0.3, 0.4) is 0 Å². The lowest BCUT2D eigenvalue weighted by molar-refractivity contribution is 0.0388. The number of methoxy groups -OCH3 is 1. The van der Waals surface area contributed by atoms with Crippen molar-refractivity contribution in [2.24, 2.45) is 0 Å². The molecule has 0 spiro atoms. The highest BCUT2D eigenvalue weighted by Gasteiger charge is 2.28. The van der Waals surface area contributed by atoms with Gasteiger partial charge in [0.25, 0.3) is 0 Å². The number of benzene rings is 2. The third-order valence-corrected chi connectivity index (χ3v) is 3.90. The predicted molar refractivity (Wildman–Crippen MR) is 95.8 cm³/mol. The van der Waals surface area contributed by atoms with Gasteiger partial charge >= 0.3 is 6.03 Å². The van der Waals surface area contributed by atoms with Crippen LogP contribution in [-0.4, -0.2) is 24.8 Å². The van der Waals surface area contributed by atoms with Gasteiger partial charge in [-0.1, -0.05) is 30.3 Å². The van der Waals surface area contributed by atoms with Crippen molar-refractivity contribution in [2.75, 3.05) is 19.0 Å². The minimum atomic E-state index is -1.34. The van der Waals surface area contributed by atoms with Crippen molar-refractivity contribution in [3.05, 3.63) is 60.4 Å². The zero-order chi connectivity index (χ0) is 17.9. The lowest BCUT2D eigenvalue weighted by Gasteiger charge is -2.21. The van der Waals surface area contributed by atoms with Gasteiger partial charge in [0.05, 0.1) is 19.3 Å². The minimum Gasteiger partial charge on any atom is -0.495 e. The second kappa shape index (κ2) is 6.86. The molecule has 0 saturated heterocycles. The number of hydrogen-bond acceptors (Lipinski definition) is 4. The Morgan fingerprint density at radius 1 is 1.20 bits per heavy atom. The number of furan rings is 1. The summed E-state index contributed by atoms with van der Waals surface area (Å²) in [4.78, 5) is 12.1. The summed E-state index contributed by atoms with van der Waals surface area (Å²) >= 11 is 0. The molecule has 3 rings (SSSR count). The molecule has 130 valence electrons. The summed E-state index contributed by atoms with van der Waals surface area (Å²) in [6.45, 7) is 1.59. The van der Waals surface area contributed by atoms with Crippen LogP contribution >= 0.6 is 0 Å². The Morgan fingerprint density at radius 2 is 1.92 bits per heavy atom. The number of rotatable bonds is 5. The Hall–Kier alpha value is -2.99. The van der Waals surface area contributed by atoms with Gasteiger partial charge in [0, 0.05) is 5.39 Å². The normalized spacial score (nSPS) is 13.2. The molecule has 0 aliphatic carbocycles. The number of urea groups is 1. The molecule has 1 atom stereocenters. The van der Waals surface area contributed by atoms with Crippen molar-refractivity contribution in [3.63, 3.8) is 0 Å². The largest absolute Gasteiger partial charge is 0.495 e. The number of carbonyl (C=O) groups is 1. The van der Waals surface area contributed by atoms with Crippen LogP contribution in [0.4, 0.5) is 10.5 Å². The van der Waals surface area contributed by atoms with Crippen LogP contribution in [0.2, 0.25) is 0 Å². The summed E-state index contributed by atoms with van der Waals surface area (Å²) < 4.78 is 10.9. The van der Waals surface area contributed by atoms with E-state index in [1.807, 2.05) is 30.3 Å². The maximum Gasteiger partial charge on any atom is 0.319 e. The van der Waals surface area contributed by atoms with Crippen LogP contribution in [0.15, 0.2) is 59.0 Å². The van der Waals surface area contributed by atoms with Crippen molar-refractivity contribution < 1.29 is 19.1 Å². The molecule has 0 aliphatic heterocycles. The number of carbonyl (C=O) groups excluding carboxylic acids is 1. The molecule has 3 aromatic rings. The Balaban J connectivity index is 1.66. The SMILES string of the molecule is COc1ccccc1NC(=O)NCC(C)(O)c1cc2ccccc2o1. The number of amides is 2. The van der Waals surface area contributed by atoms with Crippen LogP contribution in [0.5, 0.6) is 5.75 Å². The van der Waals surface area contributed by atoms with E-state index in [4.69, 9.17) is 9.15 Å². The monoisotopic (exact) mass is 340 g/mol. The molecule has 0 fully saturated rings. The second-order valence-electron chi connectivity index (χ2n) is 5.93. The zero-order valence-corrected chi connectivity index (χ0v) is 14.1. The van der Waals surface area contributed by atoms with Gasteiger partial charge in [-0.25, -0.2) is 4.79 Å². The summed E-state index contributed by atoms with van der Waals surface area (Å²) in [5, 5.41) is 16.9. The fourth-order valence-corrected chi connectivity index (χ4v) is 2.50. The molecule has 0 saturated carbocycles. The highest BCUT2D eigenvalue weighted by molar-refractivity contribution is 5.91. The molecule has 1 unspecified atom stereocenters. The third kappa shape index (κ3) is 3.75. The van der Waals surface area contributed by atoms with E-state index in [2.05, 4.69) is 10.6 Å². The molecule has 6 nitrogen and oxygen atoms in total. The lowest BCUT2D eigenvalue weighted by Crippen LogP contribution is -2.40. The van der Waals surface area contributed by atoms with Crippen molar-refractivity contribution in [2.45, 2.75) is 12.5 Å². The first-order valence-corrected chi connectivity index (χ1v) is 7.89. The van der Waals surface area contributed by atoms with E-state index in [0.717, 1.165) is 5.39 Å². The van der Waals surface area contributed by atoms with Crippen LogP contribution in [0.25, 0.3) is 11.0 Å². The highest BCUT2D eigenvalue weighted by atomic mass is 16.5. The number of anilines is 1. The molecule has 2 aromatic carbocycles. The molecule has 1 aromatic heterocycles. The summed E-state index contributed by atoms with van der Waals surface area (Å²) in [6.07, 6.45) is 0. The van der Waals surface area contributed by atoms with Crippen LogP contribution in [0.1, 0.15) is 12.7 Å². The smallest absolute Gasteiger partial charge is 0.319 e. The van der Waals surface area contributed by atoms with E-state index in [1.165, 1.54) is 7.11 Å². The molecule has 0 aliphatic rings. The topological polar surface area (TPSA) is 83.7 Å². The van der Waals surface area contributed by atoms with Gasteiger partial charge in [0.15, 0.2) is 0 Å². The van der Waals surface area contributed by atoms with Gasteiger partial charge < -0.3 is 24.9 Å². The Kier molecular flexibility index (Phi) is 4.63. The van der Waals surface area contributed by atoms with Gasteiger partial charge in [0.1, 0.15) is 22.7 Å². The maximum atomic E-state index is 12.1. The average Bonchev–Trinajstić information content (AvgIpc) is 3.06. The van der Waals surface area contributed by atoms with E-state index in [0.29, 0.717) is 22.8 Å². The first-order valence-electron chi connectivity index (χ1n) is 7.89. The quantitative estimate of drug-likeness (QED) is 0.664. The number of para-hydroxylation sites is 3. The fraction of sp³-hybridized carbons (Fsp3) is 0.211. The molecule has 25 heavy (non-hydrogen) atoms. The summed E-state index contributed by atoms with van der Waals surface area (Å²) in [5.41, 5.74) is -0.0981. The number of ether oxygens (including phenoxy) is 1. The van der Waals surface area contributed by atoms with E-state index in [-0.39, 0.29) is 6.54 Å². The molecule has 3 N–H and O–H groups in total. The molecule has 6 heteroatoms. The summed E-state index contributed by atoms with van der Waals surface area (Å²) in [6, 6.07) is 15.9. The first-order chi connectivity index (χ1) is 12.0. The van der Waals surface area contributed by atoms with Crippen molar-refractivity contribution in [1.29, 1.82) is 0 Å². The number of aliphatic hydroxyl groups is 1. The molecule has 0 radical (unpaired) electrons. The molecular formula is C19H20N2O4. The zero-order valence-electron chi connectivity index (χ0n) is 14.1. The van der Waals surface area contributed by atoms with Gasteiger partial charge in [-0.2, -0.15) is 0 Å². The number of nitrogens with one attached hydrogen (secondary N) is 2. The standard InChI is InChI=1S/C19H20N2O4/c1-19(23,17-11-13-7-3-5-9-15(13)25-17)12-20-18(22)21-14-8-4-6-10-16(14)24-2/h3-11,23H,12H2,1-2H3,(H2,20,21,22). The Labute approximate surface area is 145 Å². The fourth-order valence-electron chi connectivity index (χ4n) is 2.50. The molecular weight excluding hydrogens is 320 g/mol. The minimum absolute atomic E-state index is 0.00615. The Bertz CT molecular complexity index is 853. The lowest BCUT2D eigenvalue weighted by atomic mass is 10.0. The average molecular weight is 340 g/mol. The number of hydrogen-bond donors (Lipinski definition) is 3. The van der Waals surface area contributed by atoms with E-state index < -0.39 is 11.6 Å². The van der Waals surface area contributed by atoms with E-state index in [9.17, 15) is 9.90 Å².